The molecule has 108 valence electrons. The fourth-order valence-corrected chi connectivity index (χ4v) is 2.37. The van der Waals surface area contributed by atoms with Gasteiger partial charge in [0.25, 0.3) is 0 Å². The number of phenols is 2. The molecular weight excluding hydrogens is 260 g/mol. The Bertz CT molecular complexity index is 530. The third-order valence-electron chi connectivity index (χ3n) is 3.34. The van der Waals surface area contributed by atoms with Crippen LogP contribution in [0.15, 0.2) is 18.2 Å². The lowest BCUT2D eigenvalue weighted by atomic mass is 10.1. The van der Waals surface area contributed by atoms with Gasteiger partial charge in [-0.15, -0.1) is 0 Å². The van der Waals surface area contributed by atoms with Crippen molar-refractivity contribution in [2.75, 3.05) is 19.6 Å². The molecule has 0 spiro atoms. The van der Waals surface area contributed by atoms with Gasteiger partial charge in [-0.25, -0.2) is 0 Å². The van der Waals surface area contributed by atoms with E-state index < -0.39 is 0 Å². The summed E-state index contributed by atoms with van der Waals surface area (Å²) in [6, 6.07) is 4.14. The van der Waals surface area contributed by atoms with Crippen molar-refractivity contribution in [3.8, 4) is 11.5 Å². The second-order valence-electron chi connectivity index (χ2n) is 5.05. The lowest BCUT2D eigenvalue weighted by Crippen LogP contribution is -2.36. The highest BCUT2D eigenvalue weighted by atomic mass is 16.3. The first kappa shape index (κ1) is 14.3. The molecule has 0 saturated carbocycles. The third kappa shape index (κ3) is 3.48. The van der Waals surface area contributed by atoms with E-state index in [9.17, 15) is 19.8 Å². The van der Waals surface area contributed by atoms with E-state index in [-0.39, 0.29) is 35.8 Å². The number of amides is 1. The second kappa shape index (κ2) is 5.92. The van der Waals surface area contributed by atoms with Crippen molar-refractivity contribution in [1.29, 1.82) is 0 Å². The molecule has 6 heteroatoms. The largest absolute Gasteiger partial charge is 0.504 e. The SMILES string of the molecule is CC(=O)NC1CCN(CC(=O)c2ccc(O)c(O)c2)C1. The summed E-state index contributed by atoms with van der Waals surface area (Å²) in [4.78, 5) is 25.0. The molecule has 6 nitrogen and oxygen atoms in total. The van der Waals surface area contributed by atoms with Crippen molar-refractivity contribution < 1.29 is 19.8 Å². The van der Waals surface area contributed by atoms with Gasteiger partial charge in [-0.3, -0.25) is 14.5 Å². The summed E-state index contributed by atoms with van der Waals surface area (Å²) in [5.74, 6) is -0.725. The Morgan fingerprint density at radius 1 is 1.35 bits per heavy atom. The zero-order chi connectivity index (χ0) is 14.7. The maximum Gasteiger partial charge on any atom is 0.217 e. The number of Topliss-reactive ketones (excluding diaryl/α,β-unsaturated/α-hetero) is 1. The van der Waals surface area contributed by atoms with Crippen LogP contribution in [0, 0.1) is 0 Å². The molecule has 1 fully saturated rings. The summed E-state index contributed by atoms with van der Waals surface area (Å²) in [7, 11) is 0. The highest BCUT2D eigenvalue weighted by Gasteiger charge is 2.24. The maximum atomic E-state index is 12.1. The van der Waals surface area contributed by atoms with Crippen LogP contribution in [-0.4, -0.2) is 52.5 Å². The zero-order valence-corrected chi connectivity index (χ0v) is 11.3. The van der Waals surface area contributed by atoms with E-state index in [0.717, 1.165) is 13.0 Å². The van der Waals surface area contributed by atoms with Crippen LogP contribution in [0.4, 0.5) is 0 Å². The number of hydrogen-bond donors (Lipinski definition) is 3. The summed E-state index contributed by atoms with van der Waals surface area (Å²) in [5, 5.41) is 21.4. The minimum Gasteiger partial charge on any atom is -0.504 e. The number of hydrogen-bond acceptors (Lipinski definition) is 5. The molecule has 0 aromatic heterocycles. The average Bonchev–Trinajstić information content (AvgIpc) is 2.79. The Hall–Kier alpha value is -2.08. The topological polar surface area (TPSA) is 89.9 Å². The number of carbonyl (C=O) groups is 2. The number of rotatable bonds is 4. The highest BCUT2D eigenvalue weighted by molar-refractivity contribution is 5.98. The van der Waals surface area contributed by atoms with Crippen LogP contribution in [0.5, 0.6) is 11.5 Å². The molecule has 1 aromatic rings. The Balaban J connectivity index is 1.92. The molecule has 1 aromatic carbocycles. The average molecular weight is 278 g/mol. The van der Waals surface area contributed by atoms with Crippen LogP contribution in [0.2, 0.25) is 0 Å². The van der Waals surface area contributed by atoms with Gasteiger partial charge in [0.1, 0.15) is 0 Å². The molecule has 1 aliphatic rings. The van der Waals surface area contributed by atoms with Crippen molar-refractivity contribution in [3.05, 3.63) is 23.8 Å². The lowest BCUT2D eigenvalue weighted by molar-refractivity contribution is -0.119. The van der Waals surface area contributed by atoms with Crippen LogP contribution in [0.25, 0.3) is 0 Å². The molecule has 3 N–H and O–H groups in total. The molecule has 1 aliphatic heterocycles. The normalized spacial score (nSPS) is 18.9. The van der Waals surface area contributed by atoms with Gasteiger partial charge in [0, 0.05) is 31.6 Å². The van der Waals surface area contributed by atoms with Crippen molar-refractivity contribution in [2.45, 2.75) is 19.4 Å². The summed E-state index contributed by atoms with van der Waals surface area (Å²) >= 11 is 0. The van der Waals surface area contributed by atoms with Gasteiger partial charge in [0.2, 0.25) is 5.91 Å². The summed E-state index contributed by atoms with van der Waals surface area (Å²) < 4.78 is 0. The van der Waals surface area contributed by atoms with Crippen LogP contribution >= 0.6 is 0 Å². The number of benzene rings is 1. The minimum absolute atomic E-state index is 0.0633. The predicted octanol–water partition coefficient (Wildman–Crippen LogP) is 0.491. The van der Waals surface area contributed by atoms with Crippen molar-refractivity contribution in [3.63, 3.8) is 0 Å². The van der Waals surface area contributed by atoms with Gasteiger partial charge < -0.3 is 15.5 Å². The van der Waals surface area contributed by atoms with E-state index in [1.165, 1.54) is 25.1 Å². The minimum atomic E-state index is -0.298. The van der Waals surface area contributed by atoms with E-state index in [1.54, 1.807) is 0 Å². The zero-order valence-electron chi connectivity index (χ0n) is 11.3. The summed E-state index contributed by atoms with van der Waals surface area (Å²) in [5.41, 5.74) is 0.364. The van der Waals surface area contributed by atoms with E-state index in [4.69, 9.17) is 0 Å². The predicted molar refractivity (Wildman–Crippen MR) is 72.8 cm³/mol. The van der Waals surface area contributed by atoms with E-state index in [0.29, 0.717) is 12.1 Å². The van der Waals surface area contributed by atoms with E-state index >= 15 is 0 Å². The molecule has 1 atom stereocenters. The molecule has 20 heavy (non-hydrogen) atoms. The van der Waals surface area contributed by atoms with E-state index in [1.807, 2.05) is 4.90 Å². The van der Waals surface area contributed by atoms with Crippen molar-refractivity contribution in [2.24, 2.45) is 0 Å². The Labute approximate surface area is 117 Å². The number of carbonyl (C=O) groups excluding carboxylic acids is 2. The third-order valence-corrected chi connectivity index (χ3v) is 3.34. The van der Waals surface area contributed by atoms with Gasteiger partial charge in [-0.2, -0.15) is 0 Å². The molecule has 0 bridgehead atoms. The molecule has 1 amide bonds. The Kier molecular flexibility index (Phi) is 4.24. The Morgan fingerprint density at radius 2 is 2.10 bits per heavy atom. The van der Waals surface area contributed by atoms with Crippen molar-refractivity contribution >= 4 is 11.7 Å². The Morgan fingerprint density at radius 3 is 2.75 bits per heavy atom. The van der Waals surface area contributed by atoms with Gasteiger partial charge in [0.15, 0.2) is 17.3 Å². The fourth-order valence-electron chi connectivity index (χ4n) is 2.37. The first-order valence-corrected chi connectivity index (χ1v) is 6.50. The standard InChI is InChI=1S/C14H18N2O4/c1-9(17)15-11-4-5-16(7-11)8-14(20)10-2-3-12(18)13(19)6-10/h2-3,6,11,18-19H,4-5,7-8H2,1H3,(H,15,17). The lowest BCUT2D eigenvalue weighted by Gasteiger charge is -2.15. The molecule has 1 heterocycles. The molecule has 1 saturated heterocycles. The number of nitrogens with one attached hydrogen (secondary N) is 1. The van der Waals surface area contributed by atoms with Gasteiger partial charge >= 0.3 is 0 Å². The number of phenolic OH excluding ortho intramolecular Hbond substituents is 2. The van der Waals surface area contributed by atoms with Gasteiger partial charge in [0.05, 0.1) is 6.54 Å². The highest BCUT2D eigenvalue weighted by Crippen LogP contribution is 2.25. The first-order valence-electron chi connectivity index (χ1n) is 6.50. The van der Waals surface area contributed by atoms with Crippen LogP contribution in [0.3, 0.4) is 0 Å². The second-order valence-corrected chi connectivity index (χ2v) is 5.05. The smallest absolute Gasteiger partial charge is 0.217 e. The molecular formula is C14H18N2O4. The maximum absolute atomic E-state index is 12.1. The van der Waals surface area contributed by atoms with Gasteiger partial charge in [-0.1, -0.05) is 0 Å². The molecule has 1 unspecified atom stereocenters. The summed E-state index contributed by atoms with van der Waals surface area (Å²) in [6.45, 7) is 3.11. The molecule has 0 aliphatic carbocycles. The molecule has 2 rings (SSSR count). The van der Waals surface area contributed by atoms with Crippen LogP contribution in [-0.2, 0) is 4.79 Å². The molecule has 0 radical (unpaired) electrons. The van der Waals surface area contributed by atoms with Crippen LogP contribution in [0.1, 0.15) is 23.7 Å². The van der Waals surface area contributed by atoms with Gasteiger partial charge in [-0.05, 0) is 24.6 Å². The number of ketones is 1. The van der Waals surface area contributed by atoms with E-state index in [2.05, 4.69) is 5.32 Å². The summed E-state index contributed by atoms with van der Waals surface area (Å²) in [6.07, 6.45) is 0.827. The van der Waals surface area contributed by atoms with Crippen LogP contribution < -0.4 is 5.32 Å². The quantitative estimate of drug-likeness (QED) is 0.551. The fraction of sp³-hybridized carbons (Fsp3) is 0.429. The number of nitrogens with zero attached hydrogens (tertiary/aromatic N) is 1. The monoisotopic (exact) mass is 278 g/mol. The number of likely N-dealkylation sites (tertiary alicyclic amines) is 1. The first-order chi connectivity index (χ1) is 9.45. The number of aromatic hydroxyl groups is 2. The van der Waals surface area contributed by atoms with Crippen molar-refractivity contribution in [1.82, 2.24) is 10.2 Å².